The van der Waals surface area contributed by atoms with E-state index in [0.29, 0.717) is 13.1 Å². The molecule has 0 aromatic rings. The molecular formula is C6H16N2O5. The molecule has 0 radical (unpaired) electrons. The molecule has 0 aliphatic rings. The van der Waals surface area contributed by atoms with Crippen molar-refractivity contribution >= 4 is 12.2 Å². The predicted molar refractivity (Wildman–Crippen MR) is 47.0 cm³/mol. The zero-order valence-electron chi connectivity index (χ0n) is 7.63. The van der Waals surface area contributed by atoms with E-state index in [0.717, 1.165) is 0 Å². The number of carbonyl (C=O) groups is 2. The Hall–Kier alpha value is -1.50. The maximum Gasteiger partial charge on any atom is 0.404 e. The Morgan fingerprint density at radius 2 is 1.23 bits per heavy atom. The molecule has 0 rings (SSSR count). The van der Waals surface area contributed by atoms with Crippen LogP contribution in [0.1, 0.15) is 13.8 Å². The first-order chi connectivity index (χ1) is 5.54. The number of nitrogens with one attached hydrogen (secondary N) is 2. The van der Waals surface area contributed by atoms with Crippen LogP contribution in [-0.4, -0.2) is 41.0 Å². The summed E-state index contributed by atoms with van der Waals surface area (Å²) in [6.45, 7) is 4.42. The molecule has 0 aromatic carbocycles. The van der Waals surface area contributed by atoms with Gasteiger partial charge in [-0.25, -0.2) is 9.59 Å². The van der Waals surface area contributed by atoms with Gasteiger partial charge in [-0.2, -0.15) is 0 Å². The summed E-state index contributed by atoms with van der Waals surface area (Å²) in [6, 6.07) is 0. The van der Waals surface area contributed by atoms with Gasteiger partial charge in [-0.05, 0) is 13.8 Å². The quantitative estimate of drug-likeness (QED) is 0.483. The van der Waals surface area contributed by atoms with E-state index >= 15 is 0 Å². The zero-order chi connectivity index (χ0) is 9.98. The first-order valence-corrected chi connectivity index (χ1v) is 3.48. The van der Waals surface area contributed by atoms with Crippen LogP contribution < -0.4 is 10.6 Å². The molecule has 2 amide bonds. The fourth-order valence-electron chi connectivity index (χ4n) is 0.302. The first-order valence-electron chi connectivity index (χ1n) is 3.48. The van der Waals surface area contributed by atoms with Crippen LogP contribution in [0.4, 0.5) is 9.59 Å². The molecule has 0 fully saturated rings. The molecule has 0 spiro atoms. The maximum absolute atomic E-state index is 9.49. The van der Waals surface area contributed by atoms with Crippen molar-refractivity contribution in [2.24, 2.45) is 0 Å². The summed E-state index contributed by atoms with van der Waals surface area (Å²) < 4.78 is 0. The van der Waals surface area contributed by atoms with Crippen molar-refractivity contribution in [2.45, 2.75) is 13.8 Å². The maximum atomic E-state index is 9.49. The molecule has 0 unspecified atom stereocenters. The minimum absolute atomic E-state index is 0. The fraction of sp³-hybridized carbons (Fsp3) is 0.667. The van der Waals surface area contributed by atoms with Gasteiger partial charge in [0, 0.05) is 13.1 Å². The van der Waals surface area contributed by atoms with Crippen LogP contribution in [0.25, 0.3) is 0 Å². The second-order valence-electron chi connectivity index (χ2n) is 1.67. The van der Waals surface area contributed by atoms with Crippen LogP contribution in [0.5, 0.6) is 0 Å². The molecule has 7 heteroatoms. The molecule has 0 aliphatic heterocycles. The molecule has 13 heavy (non-hydrogen) atoms. The summed E-state index contributed by atoms with van der Waals surface area (Å²) >= 11 is 0. The third-order valence-electron chi connectivity index (χ3n) is 0.656. The van der Waals surface area contributed by atoms with E-state index in [1.165, 1.54) is 0 Å². The Labute approximate surface area is 76.1 Å². The molecule has 0 saturated heterocycles. The smallest absolute Gasteiger partial charge is 0.404 e. The van der Waals surface area contributed by atoms with Crippen molar-refractivity contribution in [1.29, 1.82) is 0 Å². The Morgan fingerprint density at radius 3 is 1.23 bits per heavy atom. The molecule has 0 saturated carbocycles. The van der Waals surface area contributed by atoms with Crippen molar-refractivity contribution in [2.75, 3.05) is 13.1 Å². The van der Waals surface area contributed by atoms with Gasteiger partial charge in [0.05, 0.1) is 0 Å². The van der Waals surface area contributed by atoms with E-state index in [1.54, 1.807) is 13.8 Å². The first kappa shape index (κ1) is 17.5. The molecule has 7 nitrogen and oxygen atoms in total. The lowest BCUT2D eigenvalue weighted by molar-refractivity contribution is 0.194. The topological polar surface area (TPSA) is 130 Å². The van der Waals surface area contributed by atoms with Gasteiger partial charge in [0.25, 0.3) is 0 Å². The summed E-state index contributed by atoms with van der Waals surface area (Å²) in [6.07, 6.45) is -1.92. The van der Waals surface area contributed by atoms with Gasteiger partial charge in [-0.1, -0.05) is 0 Å². The second kappa shape index (κ2) is 13.1. The van der Waals surface area contributed by atoms with Crippen LogP contribution >= 0.6 is 0 Å². The van der Waals surface area contributed by atoms with E-state index in [4.69, 9.17) is 10.2 Å². The van der Waals surface area contributed by atoms with Gasteiger partial charge in [0.1, 0.15) is 0 Å². The van der Waals surface area contributed by atoms with E-state index in [1.807, 2.05) is 0 Å². The highest BCUT2D eigenvalue weighted by atomic mass is 16.4. The van der Waals surface area contributed by atoms with Gasteiger partial charge < -0.3 is 26.3 Å². The van der Waals surface area contributed by atoms with E-state index in [9.17, 15) is 9.59 Å². The van der Waals surface area contributed by atoms with Crippen LogP contribution in [0.15, 0.2) is 0 Å². The molecule has 0 heterocycles. The zero-order valence-corrected chi connectivity index (χ0v) is 7.63. The number of rotatable bonds is 2. The van der Waals surface area contributed by atoms with Crippen molar-refractivity contribution in [3.63, 3.8) is 0 Å². The minimum atomic E-state index is -0.961. The Bertz CT molecular complexity index is 123. The number of carboxylic acid groups (broad SMARTS) is 2. The predicted octanol–water partition coefficient (Wildman–Crippen LogP) is -0.277. The normalized spacial score (nSPS) is 6.92. The average Bonchev–Trinajstić information content (AvgIpc) is 1.87. The molecule has 80 valence electrons. The van der Waals surface area contributed by atoms with Crippen molar-refractivity contribution in [1.82, 2.24) is 10.6 Å². The SMILES string of the molecule is CCNC(=O)O.CCNC(=O)O.O. The molecule has 0 bridgehead atoms. The lowest BCUT2D eigenvalue weighted by atomic mass is 10.8. The average molecular weight is 196 g/mol. The molecule has 0 atom stereocenters. The van der Waals surface area contributed by atoms with Crippen LogP contribution in [0.3, 0.4) is 0 Å². The van der Waals surface area contributed by atoms with E-state index in [2.05, 4.69) is 10.6 Å². The number of amides is 2. The molecule has 6 N–H and O–H groups in total. The fourth-order valence-corrected chi connectivity index (χ4v) is 0.302. The Morgan fingerprint density at radius 1 is 1.00 bits per heavy atom. The lowest BCUT2D eigenvalue weighted by Gasteiger charge is -1.87. The summed E-state index contributed by atoms with van der Waals surface area (Å²) in [4.78, 5) is 19.0. The summed E-state index contributed by atoms with van der Waals surface area (Å²) in [7, 11) is 0. The van der Waals surface area contributed by atoms with Crippen LogP contribution in [-0.2, 0) is 0 Å². The van der Waals surface area contributed by atoms with Crippen molar-refractivity contribution in [3.05, 3.63) is 0 Å². The number of hydrogen-bond acceptors (Lipinski definition) is 2. The highest BCUT2D eigenvalue weighted by Crippen LogP contribution is 1.54. The van der Waals surface area contributed by atoms with Crippen LogP contribution in [0.2, 0.25) is 0 Å². The third-order valence-corrected chi connectivity index (χ3v) is 0.656. The standard InChI is InChI=1S/2C3H7NO2.H2O/c2*1-2-4-3(5)6;/h2*4H,2H2,1H3,(H,5,6);1H2. The monoisotopic (exact) mass is 196 g/mol. The van der Waals surface area contributed by atoms with Gasteiger partial charge in [-0.3, -0.25) is 0 Å². The summed E-state index contributed by atoms with van der Waals surface area (Å²) in [5.41, 5.74) is 0. The largest absolute Gasteiger partial charge is 0.465 e. The molecular weight excluding hydrogens is 180 g/mol. The summed E-state index contributed by atoms with van der Waals surface area (Å²) in [5, 5.41) is 19.9. The minimum Gasteiger partial charge on any atom is -0.465 e. The number of hydrogen-bond donors (Lipinski definition) is 4. The van der Waals surface area contributed by atoms with E-state index in [-0.39, 0.29) is 5.48 Å². The van der Waals surface area contributed by atoms with Gasteiger partial charge in [0.2, 0.25) is 0 Å². The second-order valence-corrected chi connectivity index (χ2v) is 1.67. The van der Waals surface area contributed by atoms with Gasteiger partial charge >= 0.3 is 12.2 Å². The van der Waals surface area contributed by atoms with E-state index < -0.39 is 12.2 Å². The van der Waals surface area contributed by atoms with Crippen LogP contribution in [0, 0.1) is 0 Å². The van der Waals surface area contributed by atoms with Crippen molar-refractivity contribution in [3.8, 4) is 0 Å². The Balaban J connectivity index is -0.000000143. The van der Waals surface area contributed by atoms with Crippen molar-refractivity contribution < 1.29 is 25.3 Å². The Kier molecular flexibility index (Phi) is 17.7. The highest BCUT2D eigenvalue weighted by Gasteiger charge is 1.83. The highest BCUT2D eigenvalue weighted by molar-refractivity contribution is 5.64. The molecule has 0 aliphatic carbocycles. The lowest BCUT2D eigenvalue weighted by Crippen LogP contribution is -2.19. The molecule has 0 aromatic heterocycles. The summed E-state index contributed by atoms with van der Waals surface area (Å²) in [5.74, 6) is 0. The van der Waals surface area contributed by atoms with Gasteiger partial charge in [0.15, 0.2) is 0 Å². The third kappa shape index (κ3) is 37.5. The van der Waals surface area contributed by atoms with Gasteiger partial charge in [-0.15, -0.1) is 0 Å².